The van der Waals surface area contributed by atoms with Gasteiger partial charge in [-0.15, -0.1) is 0 Å². The summed E-state index contributed by atoms with van der Waals surface area (Å²) in [5.41, 5.74) is 4.89. The van der Waals surface area contributed by atoms with Crippen molar-refractivity contribution in [1.82, 2.24) is 10.7 Å². The second kappa shape index (κ2) is 13.8. The summed E-state index contributed by atoms with van der Waals surface area (Å²) >= 11 is 5.89. The smallest absolute Gasteiger partial charge is 0.262 e. The molecule has 196 valence electrons. The molecule has 0 saturated heterocycles. The summed E-state index contributed by atoms with van der Waals surface area (Å²) in [7, 11) is 1.52. The minimum atomic E-state index is -0.767. The van der Waals surface area contributed by atoms with Crippen molar-refractivity contribution >= 4 is 29.6 Å². The molecule has 8 nitrogen and oxygen atoms in total. The van der Waals surface area contributed by atoms with Gasteiger partial charge in [0, 0.05) is 16.1 Å². The summed E-state index contributed by atoms with van der Waals surface area (Å²) < 4.78 is 11.3. The zero-order chi connectivity index (χ0) is 27.5. The number of nitrogens with zero attached hydrogens (tertiary/aromatic N) is 2. The quantitative estimate of drug-likeness (QED) is 0.264. The predicted molar refractivity (Wildman–Crippen MR) is 146 cm³/mol. The first kappa shape index (κ1) is 28.2. The lowest BCUT2D eigenvalue weighted by atomic mass is 10.0. The van der Waals surface area contributed by atoms with E-state index in [1.165, 1.54) is 13.3 Å². The van der Waals surface area contributed by atoms with E-state index in [0.29, 0.717) is 39.6 Å². The molecule has 0 aliphatic rings. The van der Waals surface area contributed by atoms with Gasteiger partial charge < -0.3 is 14.8 Å². The highest BCUT2D eigenvalue weighted by molar-refractivity contribution is 6.30. The molecule has 0 heterocycles. The third-order valence-corrected chi connectivity index (χ3v) is 5.78. The average Bonchev–Trinajstić information content (AvgIpc) is 2.91. The van der Waals surface area contributed by atoms with Crippen LogP contribution in [0.5, 0.6) is 11.5 Å². The van der Waals surface area contributed by atoms with Gasteiger partial charge in [0.1, 0.15) is 12.6 Å². The van der Waals surface area contributed by atoms with E-state index in [9.17, 15) is 14.9 Å². The molecule has 3 aromatic carbocycles. The van der Waals surface area contributed by atoms with Crippen LogP contribution in [0.4, 0.5) is 0 Å². The van der Waals surface area contributed by atoms with Gasteiger partial charge in [0.05, 0.1) is 25.0 Å². The summed E-state index contributed by atoms with van der Waals surface area (Å²) in [6, 6.07) is 20.2. The van der Waals surface area contributed by atoms with Crippen molar-refractivity contribution in [2.75, 3.05) is 7.11 Å². The van der Waals surface area contributed by atoms with Gasteiger partial charge in [-0.2, -0.15) is 10.4 Å². The molecular weight excluding hydrogens is 504 g/mol. The molecule has 38 heavy (non-hydrogen) atoms. The topological polar surface area (TPSA) is 113 Å². The highest BCUT2D eigenvalue weighted by Gasteiger charge is 2.22. The number of hydrazone groups is 1. The Morgan fingerprint density at radius 3 is 2.50 bits per heavy atom. The zero-order valence-electron chi connectivity index (χ0n) is 21.4. The van der Waals surface area contributed by atoms with Crippen molar-refractivity contribution in [3.8, 4) is 17.6 Å². The molecule has 9 heteroatoms. The van der Waals surface area contributed by atoms with Crippen molar-refractivity contribution < 1.29 is 19.1 Å². The van der Waals surface area contributed by atoms with Crippen molar-refractivity contribution in [3.63, 3.8) is 0 Å². The molecule has 2 N–H and O–H groups in total. The number of nitriles is 1. The van der Waals surface area contributed by atoms with Gasteiger partial charge in [0.2, 0.25) is 0 Å². The minimum absolute atomic E-state index is 0.164. The lowest BCUT2D eigenvalue weighted by Crippen LogP contribution is -2.46. The number of hydrogen-bond donors (Lipinski definition) is 2. The number of hydrogen-bond acceptors (Lipinski definition) is 6. The van der Waals surface area contributed by atoms with Gasteiger partial charge in [-0.25, -0.2) is 5.43 Å². The Hall–Kier alpha value is -4.35. The fourth-order valence-electron chi connectivity index (χ4n) is 3.59. The monoisotopic (exact) mass is 532 g/mol. The fraction of sp³-hybridized carbons (Fsp3) is 0.241. The number of benzene rings is 3. The molecule has 1 unspecified atom stereocenters. The number of halogens is 1. The summed E-state index contributed by atoms with van der Waals surface area (Å²) in [6.07, 6.45) is 1.91. The Balaban J connectivity index is 1.63. The third kappa shape index (κ3) is 8.08. The van der Waals surface area contributed by atoms with Crippen molar-refractivity contribution in [2.45, 2.75) is 32.9 Å². The Labute approximate surface area is 227 Å². The van der Waals surface area contributed by atoms with E-state index in [4.69, 9.17) is 21.1 Å². The van der Waals surface area contributed by atoms with Gasteiger partial charge in [-0.3, -0.25) is 9.59 Å². The maximum absolute atomic E-state index is 12.8. The second-order valence-corrected chi connectivity index (χ2v) is 9.30. The Bertz CT molecular complexity index is 1330. The standard InChI is InChI=1S/C29H29ClN4O4/c1-19(2)14-25(33-28(35)21-9-11-24(30)12-10-21)29(36)34-32-17-20-8-13-26(27(15-20)37-3)38-18-23-7-5-4-6-22(23)16-31/h4-13,15,17,19,25H,14,18H2,1-3H3,(H,33,35)(H,34,36). The molecule has 0 fully saturated rings. The van der Waals surface area contributed by atoms with Gasteiger partial charge in [0.25, 0.3) is 11.8 Å². The normalized spacial score (nSPS) is 11.6. The van der Waals surface area contributed by atoms with Crippen LogP contribution >= 0.6 is 11.6 Å². The largest absolute Gasteiger partial charge is 0.493 e. The average molecular weight is 533 g/mol. The molecule has 0 spiro atoms. The molecule has 3 rings (SSSR count). The maximum atomic E-state index is 12.8. The number of nitrogens with one attached hydrogen (secondary N) is 2. The van der Waals surface area contributed by atoms with Crippen LogP contribution in [0.25, 0.3) is 0 Å². The molecule has 0 aliphatic carbocycles. The molecule has 0 bridgehead atoms. The van der Waals surface area contributed by atoms with Crippen LogP contribution in [0.15, 0.2) is 71.8 Å². The lowest BCUT2D eigenvalue weighted by molar-refractivity contribution is -0.123. The van der Waals surface area contributed by atoms with Crippen molar-refractivity contribution in [3.05, 3.63) is 94.0 Å². The molecule has 2 amide bonds. The predicted octanol–water partition coefficient (Wildman–Crippen LogP) is 5.09. The third-order valence-electron chi connectivity index (χ3n) is 5.53. The van der Waals surface area contributed by atoms with Crippen LogP contribution in [0, 0.1) is 17.2 Å². The number of carbonyl (C=O) groups excluding carboxylic acids is 2. The second-order valence-electron chi connectivity index (χ2n) is 8.86. The van der Waals surface area contributed by atoms with E-state index in [1.807, 2.05) is 26.0 Å². The van der Waals surface area contributed by atoms with E-state index >= 15 is 0 Å². The number of methoxy groups -OCH3 is 1. The SMILES string of the molecule is COc1cc(C=NNC(=O)C(CC(C)C)NC(=O)c2ccc(Cl)cc2)ccc1OCc1ccccc1C#N. The van der Waals surface area contributed by atoms with E-state index in [2.05, 4.69) is 21.9 Å². The molecule has 0 aliphatic heterocycles. The first-order chi connectivity index (χ1) is 18.3. The van der Waals surface area contributed by atoms with E-state index in [-0.39, 0.29) is 18.4 Å². The van der Waals surface area contributed by atoms with E-state index in [1.54, 1.807) is 54.6 Å². The molecule has 1 atom stereocenters. The number of ether oxygens (including phenoxy) is 2. The van der Waals surface area contributed by atoms with Crippen molar-refractivity contribution in [1.29, 1.82) is 5.26 Å². The molecular formula is C29H29ClN4O4. The summed E-state index contributed by atoms with van der Waals surface area (Å²) in [6.45, 7) is 4.14. The highest BCUT2D eigenvalue weighted by Crippen LogP contribution is 2.28. The van der Waals surface area contributed by atoms with Gasteiger partial charge in [-0.1, -0.05) is 43.6 Å². The Morgan fingerprint density at radius 2 is 1.82 bits per heavy atom. The summed E-state index contributed by atoms with van der Waals surface area (Å²) in [4.78, 5) is 25.4. The van der Waals surface area contributed by atoms with Gasteiger partial charge in [-0.05, 0) is 66.4 Å². The minimum Gasteiger partial charge on any atom is -0.493 e. The van der Waals surface area contributed by atoms with E-state index in [0.717, 1.165) is 5.56 Å². The van der Waals surface area contributed by atoms with Crippen LogP contribution in [-0.2, 0) is 11.4 Å². The van der Waals surface area contributed by atoms with Gasteiger partial charge in [0.15, 0.2) is 11.5 Å². The first-order valence-electron chi connectivity index (χ1n) is 12.0. The number of amides is 2. The van der Waals surface area contributed by atoms with Crippen LogP contribution in [0.1, 0.15) is 47.3 Å². The highest BCUT2D eigenvalue weighted by atomic mass is 35.5. The van der Waals surface area contributed by atoms with Crippen LogP contribution in [0.2, 0.25) is 5.02 Å². The van der Waals surface area contributed by atoms with Crippen molar-refractivity contribution in [2.24, 2.45) is 11.0 Å². The molecule has 0 aromatic heterocycles. The van der Waals surface area contributed by atoms with E-state index < -0.39 is 11.9 Å². The maximum Gasteiger partial charge on any atom is 0.262 e. The Kier molecular flexibility index (Phi) is 10.3. The number of rotatable bonds is 11. The zero-order valence-corrected chi connectivity index (χ0v) is 22.2. The van der Waals surface area contributed by atoms with Crippen LogP contribution < -0.4 is 20.2 Å². The lowest BCUT2D eigenvalue weighted by Gasteiger charge is -2.19. The molecule has 0 radical (unpaired) electrons. The van der Waals surface area contributed by atoms with Crippen LogP contribution in [-0.4, -0.2) is 31.2 Å². The Morgan fingerprint density at radius 1 is 1.08 bits per heavy atom. The van der Waals surface area contributed by atoms with Crippen LogP contribution in [0.3, 0.4) is 0 Å². The molecule has 3 aromatic rings. The number of carbonyl (C=O) groups is 2. The fourth-order valence-corrected chi connectivity index (χ4v) is 3.71. The summed E-state index contributed by atoms with van der Waals surface area (Å²) in [5.74, 6) is 0.340. The van der Waals surface area contributed by atoms with Gasteiger partial charge >= 0.3 is 0 Å². The molecule has 0 saturated carbocycles. The summed E-state index contributed by atoms with van der Waals surface area (Å²) in [5, 5.41) is 16.6. The first-order valence-corrected chi connectivity index (χ1v) is 12.4.